The molecule has 0 spiro atoms. The highest BCUT2D eigenvalue weighted by molar-refractivity contribution is 7.99. The first-order chi connectivity index (χ1) is 8.93. The standard InChI is InChI=1S/C17H34S/c1-2-3-4-5-6-7-8-9-10-11-14-17-15-12-13-16-18-17/h17H,2-16H2,1H3. The van der Waals surface area contributed by atoms with Gasteiger partial charge in [-0.3, -0.25) is 0 Å². The minimum atomic E-state index is 1.02. The van der Waals surface area contributed by atoms with Gasteiger partial charge in [-0.05, 0) is 25.0 Å². The molecule has 0 radical (unpaired) electrons. The lowest BCUT2D eigenvalue weighted by atomic mass is 10.0. The third-order valence-electron chi connectivity index (χ3n) is 4.15. The Hall–Kier alpha value is 0.350. The lowest BCUT2D eigenvalue weighted by Gasteiger charge is -2.20. The summed E-state index contributed by atoms with van der Waals surface area (Å²) in [6.45, 7) is 2.30. The van der Waals surface area contributed by atoms with E-state index in [1.807, 2.05) is 0 Å². The Kier molecular flexibility index (Phi) is 11.3. The van der Waals surface area contributed by atoms with Crippen LogP contribution in [-0.2, 0) is 0 Å². The van der Waals surface area contributed by atoms with Crippen LogP contribution in [0.4, 0.5) is 0 Å². The monoisotopic (exact) mass is 270 g/mol. The van der Waals surface area contributed by atoms with E-state index < -0.39 is 0 Å². The van der Waals surface area contributed by atoms with Gasteiger partial charge in [0.25, 0.3) is 0 Å². The average Bonchev–Trinajstić information content (AvgIpc) is 2.42. The van der Waals surface area contributed by atoms with Crippen molar-refractivity contribution in [1.82, 2.24) is 0 Å². The molecule has 0 bridgehead atoms. The fourth-order valence-corrected chi connectivity index (χ4v) is 4.27. The first-order valence-corrected chi connectivity index (χ1v) is 9.60. The second kappa shape index (κ2) is 12.4. The molecule has 1 rings (SSSR count). The first-order valence-electron chi connectivity index (χ1n) is 8.55. The van der Waals surface area contributed by atoms with Crippen LogP contribution in [0.25, 0.3) is 0 Å². The molecule has 1 aliphatic heterocycles. The summed E-state index contributed by atoms with van der Waals surface area (Å²) < 4.78 is 0. The fourth-order valence-electron chi connectivity index (χ4n) is 2.89. The summed E-state index contributed by atoms with van der Waals surface area (Å²) in [6.07, 6.45) is 20.7. The van der Waals surface area contributed by atoms with Crippen molar-refractivity contribution in [3.63, 3.8) is 0 Å². The molecule has 0 amide bonds. The van der Waals surface area contributed by atoms with Crippen molar-refractivity contribution in [1.29, 1.82) is 0 Å². The van der Waals surface area contributed by atoms with Crippen LogP contribution in [0.2, 0.25) is 0 Å². The summed E-state index contributed by atoms with van der Waals surface area (Å²) in [4.78, 5) is 0. The normalized spacial score (nSPS) is 20.2. The quantitative estimate of drug-likeness (QED) is 0.382. The summed E-state index contributed by atoms with van der Waals surface area (Å²) in [7, 11) is 0. The van der Waals surface area contributed by atoms with Gasteiger partial charge in [0.2, 0.25) is 0 Å². The van der Waals surface area contributed by atoms with Crippen LogP contribution >= 0.6 is 11.8 Å². The highest BCUT2D eigenvalue weighted by atomic mass is 32.2. The Morgan fingerprint density at radius 2 is 1.39 bits per heavy atom. The molecule has 1 heteroatoms. The van der Waals surface area contributed by atoms with Crippen LogP contribution in [-0.4, -0.2) is 11.0 Å². The summed E-state index contributed by atoms with van der Waals surface area (Å²) in [5.41, 5.74) is 0. The van der Waals surface area contributed by atoms with Gasteiger partial charge in [-0.25, -0.2) is 0 Å². The Labute approximate surface area is 120 Å². The highest BCUT2D eigenvalue weighted by Gasteiger charge is 2.12. The zero-order chi connectivity index (χ0) is 12.9. The van der Waals surface area contributed by atoms with Gasteiger partial charge in [0.1, 0.15) is 0 Å². The molecule has 0 nitrogen and oxygen atoms in total. The lowest BCUT2D eigenvalue weighted by Crippen LogP contribution is -2.08. The van der Waals surface area contributed by atoms with Gasteiger partial charge in [-0.2, -0.15) is 11.8 Å². The molecule has 0 aromatic rings. The molecule has 1 heterocycles. The van der Waals surface area contributed by atoms with Gasteiger partial charge in [-0.15, -0.1) is 0 Å². The molecule has 0 aliphatic carbocycles. The van der Waals surface area contributed by atoms with E-state index in [-0.39, 0.29) is 0 Å². The summed E-state index contributed by atoms with van der Waals surface area (Å²) in [6, 6.07) is 0. The van der Waals surface area contributed by atoms with E-state index in [1.165, 1.54) is 95.6 Å². The zero-order valence-electron chi connectivity index (χ0n) is 12.6. The van der Waals surface area contributed by atoms with Gasteiger partial charge in [0.15, 0.2) is 0 Å². The van der Waals surface area contributed by atoms with Gasteiger partial charge < -0.3 is 0 Å². The van der Waals surface area contributed by atoms with E-state index in [0.29, 0.717) is 0 Å². The second-order valence-corrected chi connectivity index (χ2v) is 7.37. The largest absolute Gasteiger partial charge is 0.159 e. The molecular weight excluding hydrogens is 236 g/mol. The second-order valence-electron chi connectivity index (χ2n) is 5.96. The Morgan fingerprint density at radius 1 is 0.778 bits per heavy atom. The SMILES string of the molecule is CCCCCCCCCCCCC1CCCCS1. The minimum absolute atomic E-state index is 1.02. The number of unbranched alkanes of at least 4 members (excludes halogenated alkanes) is 9. The molecule has 108 valence electrons. The number of hydrogen-bond acceptors (Lipinski definition) is 1. The van der Waals surface area contributed by atoms with Crippen molar-refractivity contribution in [2.45, 2.75) is 102 Å². The molecule has 18 heavy (non-hydrogen) atoms. The predicted octanol–water partition coefficient (Wildman–Crippen LogP) is 6.58. The molecule has 0 N–H and O–H groups in total. The minimum Gasteiger partial charge on any atom is -0.159 e. The average molecular weight is 271 g/mol. The Bertz CT molecular complexity index is 161. The van der Waals surface area contributed by atoms with Crippen molar-refractivity contribution >= 4 is 11.8 Å². The van der Waals surface area contributed by atoms with Crippen LogP contribution in [0.5, 0.6) is 0 Å². The molecule has 1 fully saturated rings. The summed E-state index contributed by atoms with van der Waals surface area (Å²) in [5.74, 6) is 1.43. The Balaban J connectivity index is 1.73. The molecule has 0 aromatic carbocycles. The molecular formula is C17H34S. The maximum Gasteiger partial charge on any atom is 0.00470 e. The topological polar surface area (TPSA) is 0 Å². The van der Waals surface area contributed by atoms with Gasteiger partial charge in [-0.1, -0.05) is 77.6 Å². The first kappa shape index (κ1) is 16.4. The van der Waals surface area contributed by atoms with E-state index in [0.717, 1.165) is 5.25 Å². The predicted molar refractivity (Wildman–Crippen MR) is 86.6 cm³/mol. The van der Waals surface area contributed by atoms with Crippen LogP contribution < -0.4 is 0 Å². The van der Waals surface area contributed by atoms with Crippen LogP contribution in [0, 0.1) is 0 Å². The van der Waals surface area contributed by atoms with E-state index in [2.05, 4.69) is 18.7 Å². The van der Waals surface area contributed by atoms with E-state index in [1.54, 1.807) is 0 Å². The zero-order valence-corrected chi connectivity index (χ0v) is 13.4. The van der Waals surface area contributed by atoms with E-state index >= 15 is 0 Å². The van der Waals surface area contributed by atoms with Crippen molar-refractivity contribution < 1.29 is 0 Å². The van der Waals surface area contributed by atoms with Crippen LogP contribution in [0.3, 0.4) is 0 Å². The third kappa shape index (κ3) is 9.30. The lowest BCUT2D eigenvalue weighted by molar-refractivity contribution is 0.535. The van der Waals surface area contributed by atoms with Crippen molar-refractivity contribution in [3.8, 4) is 0 Å². The van der Waals surface area contributed by atoms with Crippen molar-refractivity contribution in [2.75, 3.05) is 5.75 Å². The van der Waals surface area contributed by atoms with Crippen LogP contribution in [0.15, 0.2) is 0 Å². The van der Waals surface area contributed by atoms with Crippen molar-refractivity contribution in [2.24, 2.45) is 0 Å². The highest BCUT2D eigenvalue weighted by Crippen LogP contribution is 2.29. The van der Waals surface area contributed by atoms with Crippen LogP contribution in [0.1, 0.15) is 96.8 Å². The van der Waals surface area contributed by atoms with Gasteiger partial charge in [0.05, 0.1) is 0 Å². The van der Waals surface area contributed by atoms with E-state index in [9.17, 15) is 0 Å². The van der Waals surface area contributed by atoms with Crippen molar-refractivity contribution in [3.05, 3.63) is 0 Å². The van der Waals surface area contributed by atoms with Gasteiger partial charge >= 0.3 is 0 Å². The Morgan fingerprint density at radius 3 is 1.94 bits per heavy atom. The molecule has 0 aromatic heterocycles. The molecule has 1 unspecified atom stereocenters. The van der Waals surface area contributed by atoms with Gasteiger partial charge in [0, 0.05) is 5.25 Å². The number of rotatable bonds is 11. The fraction of sp³-hybridized carbons (Fsp3) is 1.00. The number of thioether (sulfide) groups is 1. The molecule has 1 saturated heterocycles. The third-order valence-corrected chi connectivity index (χ3v) is 5.62. The number of hydrogen-bond donors (Lipinski definition) is 0. The van der Waals surface area contributed by atoms with E-state index in [4.69, 9.17) is 0 Å². The maximum absolute atomic E-state index is 2.30. The summed E-state index contributed by atoms with van der Waals surface area (Å²) in [5, 5.41) is 1.02. The smallest absolute Gasteiger partial charge is 0.00470 e. The molecule has 1 atom stereocenters. The molecule has 1 aliphatic rings. The molecule has 0 saturated carbocycles. The summed E-state index contributed by atoms with van der Waals surface area (Å²) >= 11 is 2.24. The maximum atomic E-state index is 2.30.